The van der Waals surface area contributed by atoms with Gasteiger partial charge in [-0.25, -0.2) is 9.97 Å². The SMILES string of the molecule is CNc1nc2oc(-c3ccc(OC(F)(F)F)cc3)nc2c2c1ncn2C. The smallest absolute Gasteiger partial charge is 0.418 e. The predicted octanol–water partition coefficient (Wildman–Crippen LogP) is 3.72. The van der Waals surface area contributed by atoms with Crippen LogP contribution in [0.4, 0.5) is 19.0 Å². The maximum absolute atomic E-state index is 12.3. The van der Waals surface area contributed by atoms with Crippen molar-refractivity contribution in [1.82, 2.24) is 19.5 Å². The lowest BCUT2D eigenvalue weighted by Crippen LogP contribution is -2.16. The number of hydrogen-bond acceptors (Lipinski definition) is 6. The number of aryl methyl sites for hydroxylation is 1. The van der Waals surface area contributed by atoms with E-state index in [2.05, 4.69) is 25.0 Å². The molecule has 0 radical (unpaired) electrons. The number of benzene rings is 1. The van der Waals surface area contributed by atoms with Gasteiger partial charge in [0.05, 0.1) is 6.33 Å². The number of nitrogens with one attached hydrogen (secondary N) is 1. The van der Waals surface area contributed by atoms with Crippen LogP contribution < -0.4 is 10.1 Å². The van der Waals surface area contributed by atoms with E-state index in [1.807, 2.05) is 7.05 Å². The molecule has 0 saturated heterocycles. The zero-order chi connectivity index (χ0) is 18.5. The summed E-state index contributed by atoms with van der Waals surface area (Å²) >= 11 is 0. The summed E-state index contributed by atoms with van der Waals surface area (Å²) in [4.78, 5) is 13.1. The van der Waals surface area contributed by atoms with Crippen molar-refractivity contribution >= 4 is 28.1 Å². The largest absolute Gasteiger partial charge is 0.573 e. The molecule has 26 heavy (non-hydrogen) atoms. The summed E-state index contributed by atoms with van der Waals surface area (Å²) in [5.41, 5.74) is 2.71. The third-order valence-corrected chi connectivity index (χ3v) is 3.78. The third-order valence-electron chi connectivity index (χ3n) is 3.78. The zero-order valence-electron chi connectivity index (χ0n) is 13.6. The van der Waals surface area contributed by atoms with Gasteiger partial charge in [0.15, 0.2) is 11.3 Å². The van der Waals surface area contributed by atoms with E-state index in [0.717, 1.165) is 5.52 Å². The maximum atomic E-state index is 12.3. The molecule has 0 spiro atoms. The molecule has 134 valence electrons. The fourth-order valence-corrected chi connectivity index (χ4v) is 2.68. The summed E-state index contributed by atoms with van der Waals surface area (Å²) in [5.74, 6) is 0.466. The molecule has 10 heteroatoms. The Labute approximate surface area is 144 Å². The quantitative estimate of drug-likeness (QED) is 0.598. The Kier molecular flexibility index (Phi) is 3.49. The van der Waals surface area contributed by atoms with E-state index in [-0.39, 0.29) is 11.6 Å². The first-order valence-corrected chi connectivity index (χ1v) is 7.51. The molecule has 0 amide bonds. The molecule has 0 atom stereocenters. The number of fused-ring (bicyclic) bond motifs is 3. The number of aromatic nitrogens is 4. The first-order valence-electron chi connectivity index (χ1n) is 7.51. The van der Waals surface area contributed by atoms with Crippen LogP contribution in [-0.2, 0) is 7.05 Å². The lowest BCUT2D eigenvalue weighted by Gasteiger charge is -2.08. The summed E-state index contributed by atoms with van der Waals surface area (Å²) in [6.45, 7) is 0. The molecule has 0 unspecified atom stereocenters. The van der Waals surface area contributed by atoms with Crippen molar-refractivity contribution in [3.8, 4) is 17.2 Å². The normalized spacial score (nSPS) is 12.0. The van der Waals surface area contributed by atoms with Crippen LogP contribution in [0.25, 0.3) is 33.7 Å². The van der Waals surface area contributed by atoms with E-state index in [4.69, 9.17) is 4.42 Å². The number of nitrogens with zero attached hydrogens (tertiary/aromatic N) is 4. The van der Waals surface area contributed by atoms with Crippen LogP contribution in [0.1, 0.15) is 0 Å². The van der Waals surface area contributed by atoms with Crippen LogP contribution in [0.15, 0.2) is 35.0 Å². The second-order valence-electron chi connectivity index (χ2n) is 5.51. The zero-order valence-corrected chi connectivity index (χ0v) is 13.6. The highest BCUT2D eigenvalue weighted by molar-refractivity contribution is 6.03. The number of alkyl halides is 3. The first kappa shape index (κ1) is 16.2. The molecule has 0 fully saturated rings. The Balaban J connectivity index is 1.80. The van der Waals surface area contributed by atoms with Crippen molar-refractivity contribution in [3.63, 3.8) is 0 Å². The Morgan fingerprint density at radius 1 is 1.12 bits per heavy atom. The van der Waals surface area contributed by atoms with Gasteiger partial charge in [0, 0.05) is 19.7 Å². The lowest BCUT2D eigenvalue weighted by molar-refractivity contribution is -0.274. The minimum Gasteiger partial charge on any atom is -0.418 e. The number of rotatable bonds is 3. The van der Waals surface area contributed by atoms with Crippen molar-refractivity contribution in [2.24, 2.45) is 7.05 Å². The summed E-state index contributed by atoms with van der Waals surface area (Å²) < 4.78 is 48.1. The predicted molar refractivity (Wildman–Crippen MR) is 87.7 cm³/mol. The number of halogens is 3. The van der Waals surface area contributed by atoms with Gasteiger partial charge in [-0.3, -0.25) is 0 Å². The lowest BCUT2D eigenvalue weighted by atomic mass is 10.2. The van der Waals surface area contributed by atoms with E-state index in [0.29, 0.717) is 28.1 Å². The van der Waals surface area contributed by atoms with Crippen molar-refractivity contribution in [3.05, 3.63) is 30.6 Å². The molecular formula is C16H12F3N5O2. The molecule has 0 aliphatic heterocycles. The third kappa shape index (κ3) is 2.68. The van der Waals surface area contributed by atoms with Gasteiger partial charge in [0.1, 0.15) is 16.8 Å². The van der Waals surface area contributed by atoms with Gasteiger partial charge in [-0.15, -0.1) is 13.2 Å². The first-order chi connectivity index (χ1) is 12.4. The Hall–Kier alpha value is -3.30. The van der Waals surface area contributed by atoms with E-state index >= 15 is 0 Å². The summed E-state index contributed by atoms with van der Waals surface area (Å²) in [7, 11) is 3.55. The molecule has 4 rings (SSSR count). The average Bonchev–Trinajstić information content (AvgIpc) is 3.17. The molecule has 0 aliphatic rings. The number of ether oxygens (including phenoxy) is 1. The highest BCUT2D eigenvalue weighted by Crippen LogP contribution is 2.32. The summed E-state index contributed by atoms with van der Waals surface area (Å²) in [6, 6.07) is 5.27. The minimum atomic E-state index is -4.74. The maximum Gasteiger partial charge on any atom is 0.573 e. The number of pyridine rings is 1. The Morgan fingerprint density at radius 2 is 1.85 bits per heavy atom. The van der Waals surface area contributed by atoms with Crippen molar-refractivity contribution in [1.29, 1.82) is 0 Å². The molecular weight excluding hydrogens is 351 g/mol. The number of imidazole rings is 1. The van der Waals surface area contributed by atoms with Gasteiger partial charge in [0.25, 0.3) is 5.71 Å². The van der Waals surface area contributed by atoms with E-state index in [1.165, 1.54) is 24.3 Å². The standard InChI is InChI=1S/C16H12F3N5O2/c1-20-13-10-12(24(2)7-21-10)11-15(23-13)25-14(22-11)8-3-5-9(6-4-8)26-16(17,18)19/h3-7H,1-2H3,(H,20,23). The molecule has 4 aromatic rings. The van der Waals surface area contributed by atoms with Crippen LogP contribution in [-0.4, -0.2) is 32.9 Å². The number of oxazole rings is 1. The van der Waals surface area contributed by atoms with Crippen molar-refractivity contribution in [2.45, 2.75) is 6.36 Å². The Bertz CT molecular complexity index is 1100. The second kappa shape index (κ2) is 5.61. The number of anilines is 1. The van der Waals surface area contributed by atoms with Gasteiger partial charge in [-0.05, 0) is 24.3 Å². The van der Waals surface area contributed by atoms with Gasteiger partial charge in [-0.2, -0.15) is 4.98 Å². The fourth-order valence-electron chi connectivity index (χ4n) is 2.68. The topological polar surface area (TPSA) is 78.0 Å². The molecule has 1 aromatic carbocycles. The Morgan fingerprint density at radius 3 is 2.50 bits per heavy atom. The summed E-state index contributed by atoms with van der Waals surface area (Å²) in [6.07, 6.45) is -3.10. The van der Waals surface area contributed by atoms with Crippen LogP contribution in [0, 0.1) is 0 Å². The van der Waals surface area contributed by atoms with Crippen molar-refractivity contribution < 1.29 is 22.3 Å². The van der Waals surface area contributed by atoms with E-state index < -0.39 is 6.36 Å². The molecule has 3 aromatic heterocycles. The highest BCUT2D eigenvalue weighted by atomic mass is 19.4. The van der Waals surface area contributed by atoms with E-state index in [1.54, 1.807) is 17.9 Å². The molecule has 0 aliphatic carbocycles. The van der Waals surface area contributed by atoms with Gasteiger partial charge < -0.3 is 19.0 Å². The fraction of sp³-hybridized carbons (Fsp3) is 0.188. The van der Waals surface area contributed by atoms with E-state index in [9.17, 15) is 13.2 Å². The second-order valence-corrected chi connectivity index (χ2v) is 5.51. The molecule has 7 nitrogen and oxygen atoms in total. The molecule has 0 saturated carbocycles. The minimum absolute atomic E-state index is 0.238. The van der Waals surface area contributed by atoms with Crippen LogP contribution in [0.2, 0.25) is 0 Å². The van der Waals surface area contributed by atoms with Gasteiger partial charge >= 0.3 is 6.36 Å². The van der Waals surface area contributed by atoms with Crippen LogP contribution in [0.3, 0.4) is 0 Å². The average molecular weight is 363 g/mol. The monoisotopic (exact) mass is 363 g/mol. The summed E-state index contributed by atoms with van der Waals surface area (Å²) in [5, 5.41) is 2.96. The van der Waals surface area contributed by atoms with Gasteiger partial charge in [-0.1, -0.05) is 0 Å². The van der Waals surface area contributed by atoms with Gasteiger partial charge in [0.2, 0.25) is 5.89 Å². The van der Waals surface area contributed by atoms with Crippen LogP contribution >= 0.6 is 0 Å². The molecule has 3 heterocycles. The van der Waals surface area contributed by atoms with Crippen LogP contribution in [0.5, 0.6) is 5.75 Å². The molecule has 1 N–H and O–H groups in total. The number of hydrogen-bond donors (Lipinski definition) is 1. The molecule has 0 bridgehead atoms. The highest BCUT2D eigenvalue weighted by Gasteiger charge is 2.31. The van der Waals surface area contributed by atoms with Crippen molar-refractivity contribution in [2.75, 3.05) is 12.4 Å².